The van der Waals surface area contributed by atoms with E-state index in [4.69, 9.17) is 9.29 Å². The number of hydrogen-bond donors (Lipinski definition) is 2. The number of nitrogens with one attached hydrogen (secondary N) is 1. The highest BCUT2D eigenvalue weighted by atomic mass is 32.2. The minimum absolute atomic E-state index is 0.0530. The summed E-state index contributed by atoms with van der Waals surface area (Å²) < 4.78 is 35.1. The van der Waals surface area contributed by atoms with Gasteiger partial charge in [-0.15, -0.1) is 0 Å². The highest BCUT2D eigenvalue weighted by Gasteiger charge is 2.24. The first-order valence-electron chi connectivity index (χ1n) is 6.63. The molecule has 0 aromatic carbocycles. The fourth-order valence-electron chi connectivity index (χ4n) is 1.67. The molecule has 0 fully saturated rings. The quantitative estimate of drug-likeness (QED) is 0.506. The maximum Gasteiger partial charge on any atom is 0.328 e. The molecule has 1 amide bonds. The Kier molecular flexibility index (Phi) is 6.93. The van der Waals surface area contributed by atoms with Gasteiger partial charge in [-0.05, 0) is 25.5 Å². The number of esters is 1. The largest absolute Gasteiger partial charge is 0.464 e. The summed E-state index contributed by atoms with van der Waals surface area (Å²) in [4.78, 5) is 27.6. The third-order valence-electron chi connectivity index (χ3n) is 2.64. The molecule has 122 valence electrons. The van der Waals surface area contributed by atoms with Crippen LogP contribution in [0.4, 0.5) is 0 Å². The van der Waals surface area contributed by atoms with E-state index >= 15 is 0 Å². The molecule has 1 aromatic heterocycles. The van der Waals surface area contributed by atoms with Crippen LogP contribution in [-0.4, -0.2) is 48.2 Å². The van der Waals surface area contributed by atoms with E-state index in [2.05, 4.69) is 10.3 Å². The summed E-state index contributed by atoms with van der Waals surface area (Å²) in [5.74, 6) is -1.90. The third kappa shape index (κ3) is 7.14. The van der Waals surface area contributed by atoms with Crippen molar-refractivity contribution < 1.29 is 27.3 Å². The molecule has 1 atom stereocenters. The predicted octanol–water partition coefficient (Wildman–Crippen LogP) is -0.0501. The van der Waals surface area contributed by atoms with Crippen molar-refractivity contribution >= 4 is 22.0 Å². The highest BCUT2D eigenvalue weighted by Crippen LogP contribution is 2.02. The average Bonchev–Trinajstić information content (AvgIpc) is 2.43. The van der Waals surface area contributed by atoms with Crippen LogP contribution in [0.2, 0.25) is 0 Å². The Morgan fingerprint density at radius 2 is 2.14 bits per heavy atom. The van der Waals surface area contributed by atoms with E-state index in [1.54, 1.807) is 25.1 Å². The minimum atomic E-state index is -4.23. The van der Waals surface area contributed by atoms with Gasteiger partial charge in [-0.2, -0.15) is 8.42 Å². The number of carbonyl (C=O) groups is 2. The zero-order valence-electron chi connectivity index (χ0n) is 12.1. The van der Waals surface area contributed by atoms with Crippen molar-refractivity contribution in [1.82, 2.24) is 10.3 Å². The summed E-state index contributed by atoms with van der Waals surface area (Å²) in [5, 5.41) is 2.39. The monoisotopic (exact) mass is 330 g/mol. The second-order valence-electron chi connectivity index (χ2n) is 4.44. The smallest absolute Gasteiger partial charge is 0.328 e. The lowest BCUT2D eigenvalue weighted by atomic mass is 10.2. The van der Waals surface area contributed by atoms with Crippen LogP contribution in [0.25, 0.3) is 0 Å². The molecular weight excluding hydrogens is 312 g/mol. The summed E-state index contributed by atoms with van der Waals surface area (Å²) >= 11 is 0. The molecule has 9 heteroatoms. The van der Waals surface area contributed by atoms with Gasteiger partial charge in [0.25, 0.3) is 10.1 Å². The van der Waals surface area contributed by atoms with Crippen molar-refractivity contribution in [3.8, 4) is 0 Å². The topological polar surface area (TPSA) is 123 Å². The molecule has 2 N–H and O–H groups in total. The Morgan fingerprint density at radius 3 is 2.68 bits per heavy atom. The zero-order valence-corrected chi connectivity index (χ0v) is 12.9. The number of rotatable bonds is 8. The van der Waals surface area contributed by atoms with E-state index in [0.717, 1.165) is 0 Å². The van der Waals surface area contributed by atoms with Crippen molar-refractivity contribution in [2.24, 2.45) is 0 Å². The van der Waals surface area contributed by atoms with Gasteiger partial charge in [0.2, 0.25) is 5.91 Å². The number of amides is 1. The van der Waals surface area contributed by atoms with Gasteiger partial charge in [0.05, 0.1) is 18.8 Å². The molecule has 0 radical (unpaired) electrons. The number of carbonyl (C=O) groups excluding carboxylic acids is 2. The molecule has 8 nitrogen and oxygen atoms in total. The van der Waals surface area contributed by atoms with Crippen molar-refractivity contribution in [2.75, 3.05) is 12.4 Å². The first-order valence-corrected chi connectivity index (χ1v) is 8.24. The third-order valence-corrected chi connectivity index (χ3v) is 3.39. The molecule has 22 heavy (non-hydrogen) atoms. The van der Waals surface area contributed by atoms with Crippen LogP contribution in [0.3, 0.4) is 0 Å². The van der Waals surface area contributed by atoms with Crippen molar-refractivity contribution in [3.05, 3.63) is 30.1 Å². The SMILES string of the molecule is CCOC(=O)[C@H](CCS(=O)(=O)O)NC(=O)Cc1ccccn1. The summed E-state index contributed by atoms with van der Waals surface area (Å²) in [6.07, 6.45) is 1.21. The lowest BCUT2D eigenvalue weighted by molar-refractivity contribution is -0.147. The van der Waals surface area contributed by atoms with Crippen LogP contribution in [0.1, 0.15) is 19.0 Å². The van der Waals surface area contributed by atoms with Gasteiger partial charge in [0, 0.05) is 11.9 Å². The molecule has 1 aromatic rings. The minimum Gasteiger partial charge on any atom is -0.464 e. The second kappa shape index (κ2) is 8.44. The molecular formula is C13H18N2O6S. The number of nitrogens with zero attached hydrogens (tertiary/aromatic N) is 1. The van der Waals surface area contributed by atoms with Gasteiger partial charge in [0.15, 0.2) is 0 Å². The normalized spacial score (nSPS) is 12.5. The molecule has 0 saturated heterocycles. The maximum absolute atomic E-state index is 11.9. The van der Waals surface area contributed by atoms with Crippen LogP contribution < -0.4 is 5.32 Å². The molecule has 0 aliphatic rings. The van der Waals surface area contributed by atoms with Crippen LogP contribution >= 0.6 is 0 Å². The van der Waals surface area contributed by atoms with Crippen molar-refractivity contribution in [1.29, 1.82) is 0 Å². The van der Waals surface area contributed by atoms with E-state index in [0.29, 0.717) is 5.69 Å². The highest BCUT2D eigenvalue weighted by molar-refractivity contribution is 7.85. The van der Waals surface area contributed by atoms with E-state index < -0.39 is 33.8 Å². The predicted molar refractivity (Wildman–Crippen MR) is 77.5 cm³/mol. The number of pyridine rings is 1. The summed E-state index contributed by atoms with van der Waals surface area (Å²) in [7, 11) is -4.23. The van der Waals surface area contributed by atoms with Gasteiger partial charge in [-0.3, -0.25) is 14.3 Å². The molecule has 0 bridgehead atoms. The summed E-state index contributed by atoms with van der Waals surface area (Å²) in [5.41, 5.74) is 0.511. The second-order valence-corrected chi connectivity index (χ2v) is 6.02. The van der Waals surface area contributed by atoms with Crippen LogP contribution in [0, 0.1) is 0 Å². The van der Waals surface area contributed by atoms with E-state index in [1.165, 1.54) is 6.20 Å². The number of hydrogen-bond acceptors (Lipinski definition) is 6. The van der Waals surface area contributed by atoms with Gasteiger partial charge >= 0.3 is 5.97 Å². The zero-order chi connectivity index (χ0) is 16.6. The Bertz CT molecular complexity index is 602. The van der Waals surface area contributed by atoms with Gasteiger partial charge in [-0.1, -0.05) is 6.07 Å². The molecule has 0 saturated carbocycles. The van der Waals surface area contributed by atoms with Crippen LogP contribution in [-0.2, 0) is 30.9 Å². The molecule has 0 aliphatic heterocycles. The fraction of sp³-hybridized carbons (Fsp3) is 0.462. The molecule has 0 spiro atoms. The first-order chi connectivity index (χ1) is 10.3. The number of ether oxygens (including phenoxy) is 1. The van der Waals surface area contributed by atoms with E-state index in [9.17, 15) is 18.0 Å². The standard InChI is InChI=1S/C13H18N2O6S/c1-2-21-13(17)11(6-8-22(18,19)20)15-12(16)9-10-5-3-4-7-14-10/h3-5,7,11H,2,6,8-9H2,1H3,(H,15,16)(H,18,19,20)/t11-/m0/s1. The lowest BCUT2D eigenvalue weighted by Crippen LogP contribution is -2.43. The summed E-state index contributed by atoms with van der Waals surface area (Å²) in [6.45, 7) is 1.69. The average molecular weight is 330 g/mol. The Morgan fingerprint density at radius 1 is 1.41 bits per heavy atom. The Labute approximate surface area is 128 Å². The molecule has 0 aliphatic carbocycles. The molecule has 0 unspecified atom stereocenters. The van der Waals surface area contributed by atoms with Gasteiger partial charge in [0.1, 0.15) is 6.04 Å². The Hall–Kier alpha value is -2.00. The first kappa shape index (κ1) is 18.1. The fourth-order valence-corrected chi connectivity index (χ4v) is 2.20. The van der Waals surface area contributed by atoms with Gasteiger partial charge in [-0.25, -0.2) is 4.79 Å². The van der Waals surface area contributed by atoms with Crippen LogP contribution in [0.15, 0.2) is 24.4 Å². The lowest BCUT2D eigenvalue weighted by Gasteiger charge is -2.16. The molecule has 1 heterocycles. The summed E-state index contributed by atoms with van der Waals surface area (Å²) in [6, 6.07) is 3.93. The molecule has 1 rings (SSSR count). The maximum atomic E-state index is 11.9. The van der Waals surface area contributed by atoms with E-state index in [-0.39, 0.29) is 19.4 Å². The van der Waals surface area contributed by atoms with E-state index in [1.807, 2.05) is 0 Å². The van der Waals surface area contributed by atoms with Crippen molar-refractivity contribution in [2.45, 2.75) is 25.8 Å². The van der Waals surface area contributed by atoms with Crippen LogP contribution in [0.5, 0.6) is 0 Å². The van der Waals surface area contributed by atoms with Gasteiger partial charge < -0.3 is 10.1 Å². The number of aromatic nitrogens is 1. The van der Waals surface area contributed by atoms with Crippen molar-refractivity contribution in [3.63, 3.8) is 0 Å². The Balaban J connectivity index is 2.66.